The molecule has 2 saturated heterocycles. The summed E-state index contributed by atoms with van der Waals surface area (Å²) >= 11 is 0. The van der Waals surface area contributed by atoms with E-state index < -0.39 is 15.2 Å². The third kappa shape index (κ3) is 5.29. The zero-order valence-corrected chi connectivity index (χ0v) is 18.5. The van der Waals surface area contributed by atoms with Gasteiger partial charge >= 0.3 is 0 Å². The number of amides is 1. The Kier molecular flexibility index (Phi) is 7.19. The zero-order chi connectivity index (χ0) is 21.0. The van der Waals surface area contributed by atoms with Gasteiger partial charge < -0.3 is 15.5 Å². The molecule has 1 atom stereocenters. The number of piperidine rings is 1. The fourth-order valence-electron chi connectivity index (χ4n) is 4.40. The number of nitrogens with zero attached hydrogens (tertiary/aromatic N) is 2. The Morgan fingerprint density at radius 2 is 1.79 bits per heavy atom. The standard InChI is InChI=1S/C21H34N4O3S/c1-16(2)29(27,28)21(18-7-9-22-10-8-18)25-13-11-24(12-14-25)20-6-4-5-19(15-20)23-17(3)26/h4-6,15-16,18,21-22H,7-14H2,1-3H3,(H,23,26). The second-order valence-corrected chi connectivity index (χ2v) is 11.0. The highest BCUT2D eigenvalue weighted by atomic mass is 32.2. The molecule has 0 saturated carbocycles. The van der Waals surface area contributed by atoms with Gasteiger partial charge in [-0.15, -0.1) is 0 Å². The van der Waals surface area contributed by atoms with Crippen molar-refractivity contribution in [2.45, 2.75) is 44.2 Å². The fraction of sp³-hybridized carbons (Fsp3) is 0.667. The highest BCUT2D eigenvalue weighted by molar-refractivity contribution is 7.92. The molecule has 0 radical (unpaired) electrons. The van der Waals surface area contributed by atoms with E-state index in [0.29, 0.717) is 0 Å². The van der Waals surface area contributed by atoms with Crippen LogP contribution in [0.3, 0.4) is 0 Å². The Hall–Kier alpha value is -1.64. The number of rotatable bonds is 6. The molecule has 0 spiro atoms. The molecule has 2 aliphatic rings. The first-order valence-corrected chi connectivity index (χ1v) is 12.2. The van der Waals surface area contributed by atoms with Gasteiger partial charge in [0.1, 0.15) is 5.37 Å². The van der Waals surface area contributed by atoms with E-state index in [2.05, 4.69) is 20.4 Å². The Balaban J connectivity index is 1.72. The second-order valence-electron chi connectivity index (χ2n) is 8.37. The minimum Gasteiger partial charge on any atom is -0.369 e. The molecule has 2 N–H and O–H groups in total. The number of hydrogen-bond acceptors (Lipinski definition) is 6. The SMILES string of the molecule is CC(=O)Nc1cccc(N2CCN(C(C3CCNCC3)S(=O)(=O)C(C)C)CC2)c1. The molecule has 2 aliphatic heterocycles. The highest BCUT2D eigenvalue weighted by Gasteiger charge is 2.41. The first-order chi connectivity index (χ1) is 13.8. The van der Waals surface area contributed by atoms with Crippen molar-refractivity contribution in [3.05, 3.63) is 24.3 Å². The number of carbonyl (C=O) groups is 1. The second kappa shape index (κ2) is 9.45. The van der Waals surface area contributed by atoms with Crippen LogP contribution in [0.2, 0.25) is 0 Å². The lowest BCUT2D eigenvalue weighted by molar-refractivity contribution is -0.114. The molecular weight excluding hydrogens is 388 g/mol. The van der Waals surface area contributed by atoms with Crippen LogP contribution in [0.1, 0.15) is 33.6 Å². The quantitative estimate of drug-likeness (QED) is 0.729. The summed E-state index contributed by atoms with van der Waals surface area (Å²) in [5.74, 6) is 0.106. The molecule has 1 aromatic rings. The van der Waals surface area contributed by atoms with Gasteiger partial charge in [-0.25, -0.2) is 8.42 Å². The molecule has 1 aromatic carbocycles. The normalized spacial score (nSPS) is 20.6. The van der Waals surface area contributed by atoms with Crippen LogP contribution >= 0.6 is 0 Å². The lowest BCUT2D eigenvalue weighted by Gasteiger charge is -2.44. The topological polar surface area (TPSA) is 81.8 Å². The minimum atomic E-state index is -3.21. The Labute approximate surface area is 174 Å². The highest BCUT2D eigenvalue weighted by Crippen LogP contribution is 2.30. The van der Waals surface area contributed by atoms with Gasteiger partial charge in [0.05, 0.1) is 5.25 Å². The van der Waals surface area contributed by atoms with Crippen molar-refractivity contribution in [1.29, 1.82) is 0 Å². The number of anilines is 2. The first kappa shape index (κ1) is 22.1. The van der Waals surface area contributed by atoms with Crippen LogP contribution in [0.5, 0.6) is 0 Å². The maximum atomic E-state index is 13.2. The van der Waals surface area contributed by atoms with Gasteiger partial charge in [0.2, 0.25) is 5.91 Å². The lowest BCUT2D eigenvalue weighted by Crippen LogP contribution is -2.57. The fourth-order valence-corrected chi connectivity index (χ4v) is 6.39. The summed E-state index contributed by atoms with van der Waals surface area (Å²) in [6.45, 7) is 9.89. The largest absolute Gasteiger partial charge is 0.369 e. The predicted octanol–water partition coefficient (Wildman–Crippen LogP) is 1.92. The van der Waals surface area contributed by atoms with Gasteiger partial charge in [0.25, 0.3) is 0 Å². The number of piperazine rings is 1. The number of nitrogens with one attached hydrogen (secondary N) is 2. The maximum Gasteiger partial charge on any atom is 0.221 e. The van der Waals surface area contributed by atoms with Crippen LogP contribution in [0.4, 0.5) is 11.4 Å². The third-order valence-corrected chi connectivity index (χ3v) is 8.66. The minimum absolute atomic E-state index is 0.0873. The lowest BCUT2D eigenvalue weighted by atomic mass is 9.96. The molecular formula is C21H34N4O3S. The Morgan fingerprint density at radius 3 is 2.38 bits per heavy atom. The molecule has 0 aliphatic carbocycles. The van der Waals surface area contributed by atoms with Gasteiger partial charge in [0, 0.05) is 44.5 Å². The van der Waals surface area contributed by atoms with Gasteiger partial charge in [-0.3, -0.25) is 9.69 Å². The van der Waals surface area contributed by atoms with Crippen LogP contribution < -0.4 is 15.5 Å². The molecule has 3 rings (SSSR count). The van der Waals surface area contributed by atoms with Crippen molar-refractivity contribution >= 4 is 27.1 Å². The summed E-state index contributed by atoms with van der Waals surface area (Å²) in [4.78, 5) is 15.8. The molecule has 1 unspecified atom stereocenters. The van der Waals surface area contributed by atoms with Crippen molar-refractivity contribution in [2.75, 3.05) is 49.5 Å². The van der Waals surface area contributed by atoms with E-state index in [1.807, 2.05) is 24.3 Å². The Bertz CT molecular complexity index is 798. The van der Waals surface area contributed by atoms with E-state index in [0.717, 1.165) is 63.5 Å². The van der Waals surface area contributed by atoms with E-state index in [9.17, 15) is 13.2 Å². The summed E-state index contributed by atoms with van der Waals surface area (Å²) in [5.41, 5.74) is 1.84. The molecule has 2 fully saturated rings. The average molecular weight is 423 g/mol. The monoisotopic (exact) mass is 422 g/mol. The van der Waals surface area contributed by atoms with Gasteiger partial charge in [-0.05, 0) is 63.9 Å². The Morgan fingerprint density at radius 1 is 1.14 bits per heavy atom. The number of carbonyl (C=O) groups excluding carboxylic acids is 1. The number of hydrogen-bond donors (Lipinski definition) is 2. The van der Waals surface area contributed by atoms with Crippen molar-refractivity contribution in [2.24, 2.45) is 5.92 Å². The van der Waals surface area contributed by atoms with E-state index in [4.69, 9.17) is 0 Å². The van der Waals surface area contributed by atoms with Gasteiger partial charge in [0.15, 0.2) is 9.84 Å². The summed E-state index contributed by atoms with van der Waals surface area (Å²) in [6.07, 6.45) is 1.82. The first-order valence-electron chi connectivity index (χ1n) is 10.6. The molecule has 2 heterocycles. The van der Waals surface area contributed by atoms with Crippen LogP contribution in [0, 0.1) is 5.92 Å². The summed E-state index contributed by atoms with van der Waals surface area (Å²) in [6, 6.07) is 7.83. The van der Waals surface area contributed by atoms with E-state index in [-0.39, 0.29) is 17.1 Å². The molecule has 29 heavy (non-hydrogen) atoms. The molecule has 8 heteroatoms. The summed E-state index contributed by atoms with van der Waals surface area (Å²) in [7, 11) is -3.21. The smallest absolute Gasteiger partial charge is 0.221 e. The molecule has 162 valence electrons. The summed E-state index contributed by atoms with van der Waals surface area (Å²) in [5, 5.41) is 5.42. The van der Waals surface area contributed by atoms with Crippen molar-refractivity contribution in [3.8, 4) is 0 Å². The number of benzene rings is 1. The van der Waals surface area contributed by atoms with Crippen LogP contribution in [-0.4, -0.2) is 69.1 Å². The predicted molar refractivity (Wildman–Crippen MR) is 118 cm³/mol. The average Bonchev–Trinajstić information content (AvgIpc) is 2.69. The van der Waals surface area contributed by atoms with Crippen molar-refractivity contribution in [1.82, 2.24) is 10.2 Å². The van der Waals surface area contributed by atoms with Gasteiger partial charge in [-0.1, -0.05) is 6.07 Å². The van der Waals surface area contributed by atoms with Crippen LogP contribution in [-0.2, 0) is 14.6 Å². The zero-order valence-electron chi connectivity index (χ0n) is 17.7. The van der Waals surface area contributed by atoms with E-state index in [1.54, 1.807) is 13.8 Å². The van der Waals surface area contributed by atoms with Gasteiger partial charge in [-0.2, -0.15) is 0 Å². The van der Waals surface area contributed by atoms with Crippen LogP contribution in [0.25, 0.3) is 0 Å². The van der Waals surface area contributed by atoms with E-state index >= 15 is 0 Å². The maximum absolute atomic E-state index is 13.2. The summed E-state index contributed by atoms with van der Waals surface area (Å²) < 4.78 is 26.4. The molecule has 7 nitrogen and oxygen atoms in total. The molecule has 1 amide bonds. The van der Waals surface area contributed by atoms with E-state index in [1.165, 1.54) is 6.92 Å². The molecule has 0 aromatic heterocycles. The molecule has 0 bridgehead atoms. The van der Waals surface area contributed by atoms with Crippen LogP contribution in [0.15, 0.2) is 24.3 Å². The van der Waals surface area contributed by atoms with Crippen molar-refractivity contribution < 1.29 is 13.2 Å². The third-order valence-electron chi connectivity index (χ3n) is 5.99. The number of sulfone groups is 1. The van der Waals surface area contributed by atoms with Crippen molar-refractivity contribution in [3.63, 3.8) is 0 Å².